The van der Waals surface area contributed by atoms with Crippen molar-refractivity contribution in [3.05, 3.63) is 65.4 Å². The van der Waals surface area contributed by atoms with E-state index in [2.05, 4.69) is 5.32 Å². The molecule has 0 aliphatic rings. The Morgan fingerprint density at radius 1 is 1.30 bits per heavy atom. The minimum Gasteiger partial charge on any atom is -0.463 e. The number of aryl methyl sites for hydroxylation is 1. The van der Waals surface area contributed by atoms with Crippen LogP contribution in [0.1, 0.15) is 30.9 Å². The van der Waals surface area contributed by atoms with Gasteiger partial charge >= 0.3 is 0 Å². The summed E-state index contributed by atoms with van der Waals surface area (Å²) in [6.07, 6.45) is 1.41. The summed E-state index contributed by atoms with van der Waals surface area (Å²) in [5.41, 5.74) is 0.174. The number of furan rings is 1. The van der Waals surface area contributed by atoms with Crippen LogP contribution in [0.4, 0.5) is 4.39 Å². The maximum atomic E-state index is 12.9. The molecule has 5 heteroatoms. The normalized spacial score (nSPS) is 14.4. The van der Waals surface area contributed by atoms with Crippen LogP contribution in [0.5, 0.6) is 0 Å². The number of carbonyl (C=O) groups is 1. The Balaban J connectivity index is 1.99. The summed E-state index contributed by atoms with van der Waals surface area (Å²) >= 11 is 0. The summed E-state index contributed by atoms with van der Waals surface area (Å²) in [5.74, 6) is 0.430. The van der Waals surface area contributed by atoms with Gasteiger partial charge in [-0.05, 0) is 56.2 Å². The molecule has 1 aromatic heterocycles. The van der Waals surface area contributed by atoms with Gasteiger partial charge in [-0.2, -0.15) is 0 Å². The number of carbonyl (C=O) groups excluding carboxylic acids is 1. The third-order valence-corrected chi connectivity index (χ3v) is 3.53. The van der Waals surface area contributed by atoms with E-state index < -0.39 is 5.60 Å². The summed E-state index contributed by atoms with van der Waals surface area (Å²) in [4.78, 5) is 12.0. The Morgan fingerprint density at radius 3 is 2.52 bits per heavy atom. The fourth-order valence-corrected chi connectivity index (χ4v) is 2.11. The first-order valence-electron chi connectivity index (χ1n) is 7.29. The summed E-state index contributed by atoms with van der Waals surface area (Å²) in [5, 5.41) is 13.0. The first-order valence-corrected chi connectivity index (χ1v) is 7.29. The number of hydrogen-bond acceptors (Lipinski definition) is 3. The van der Waals surface area contributed by atoms with Crippen molar-refractivity contribution in [3.63, 3.8) is 0 Å². The lowest BCUT2D eigenvalue weighted by Gasteiger charge is -2.20. The lowest BCUT2D eigenvalue weighted by Crippen LogP contribution is -2.37. The predicted octanol–water partition coefficient (Wildman–Crippen LogP) is 3.15. The minimum atomic E-state index is -1.29. The van der Waals surface area contributed by atoms with Gasteiger partial charge in [0.15, 0.2) is 0 Å². The van der Waals surface area contributed by atoms with Crippen molar-refractivity contribution in [3.8, 4) is 0 Å². The molecule has 1 atom stereocenters. The molecule has 0 bridgehead atoms. The molecule has 0 aliphatic heterocycles. The summed E-state index contributed by atoms with van der Waals surface area (Å²) in [6, 6.07) is 9.33. The topological polar surface area (TPSA) is 62.5 Å². The lowest BCUT2D eigenvalue weighted by atomic mass is 10.0. The molecule has 1 heterocycles. The standard InChI is InChI=1S/C18H20FNO3/c1-12(14-5-7-15(19)8-6-14)10-17(21)20-11-18(3,22)16-9-4-13(2)23-16/h4-10,22H,11H2,1-3H3,(H,20,21). The quantitative estimate of drug-likeness (QED) is 0.833. The SMILES string of the molecule is CC(=CC(=O)NCC(C)(O)c1ccc(C)o1)c1ccc(F)cc1. The zero-order chi connectivity index (χ0) is 17.0. The molecule has 0 saturated heterocycles. The van der Waals surface area contributed by atoms with Crippen molar-refractivity contribution >= 4 is 11.5 Å². The Labute approximate surface area is 134 Å². The molecule has 1 aromatic carbocycles. The molecular formula is C18H20FNO3. The minimum absolute atomic E-state index is 0.0198. The van der Waals surface area contributed by atoms with E-state index in [1.54, 1.807) is 45.0 Å². The van der Waals surface area contributed by atoms with E-state index in [-0.39, 0.29) is 18.3 Å². The van der Waals surface area contributed by atoms with E-state index in [9.17, 15) is 14.3 Å². The van der Waals surface area contributed by atoms with E-state index in [1.807, 2.05) is 0 Å². The van der Waals surface area contributed by atoms with E-state index >= 15 is 0 Å². The van der Waals surface area contributed by atoms with E-state index in [4.69, 9.17) is 4.42 Å². The van der Waals surface area contributed by atoms with Crippen LogP contribution in [0.2, 0.25) is 0 Å². The highest BCUT2D eigenvalue weighted by atomic mass is 19.1. The van der Waals surface area contributed by atoms with Gasteiger partial charge in [0, 0.05) is 6.08 Å². The maximum Gasteiger partial charge on any atom is 0.244 e. The molecule has 1 amide bonds. The second-order valence-corrected chi connectivity index (χ2v) is 5.74. The van der Waals surface area contributed by atoms with Crippen molar-refractivity contribution < 1.29 is 18.7 Å². The van der Waals surface area contributed by atoms with Crippen LogP contribution < -0.4 is 5.32 Å². The molecule has 4 nitrogen and oxygen atoms in total. The lowest BCUT2D eigenvalue weighted by molar-refractivity contribution is -0.117. The van der Waals surface area contributed by atoms with Crippen molar-refractivity contribution in [2.24, 2.45) is 0 Å². The van der Waals surface area contributed by atoms with Gasteiger partial charge in [-0.15, -0.1) is 0 Å². The monoisotopic (exact) mass is 317 g/mol. The molecular weight excluding hydrogens is 297 g/mol. The second kappa shape index (κ2) is 6.79. The first-order chi connectivity index (χ1) is 10.8. The highest BCUT2D eigenvalue weighted by molar-refractivity contribution is 5.94. The van der Waals surface area contributed by atoms with Crippen LogP contribution >= 0.6 is 0 Å². The Hall–Kier alpha value is -2.40. The number of aliphatic hydroxyl groups is 1. The van der Waals surface area contributed by atoms with Gasteiger partial charge in [0.25, 0.3) is 0 Å². The molecule has 0 fully saturated rings. The zero-order valence-electron chi connectivity index (χ0n) is 13.4. The Morgan fingerprint density at radius 2 is 1.96 bits per heavy atom. The van der Waals surface area contributed by atoms with Crippen LogP contribution in [0.25, 0.3) is 5.57 Å². The van der Waals surface area contributed by atoms with Crippen molar-refractivity contribution in [1.82, 2.24) is 5.32 Å². The molecule has 2 aromatic rings. The fourth-order valence-electron chi connectivity index (χ4n) is 2.11. The highest BCUT2D eigenvalue weighted by Gasteiger charge is 2.27. The summed E-state index contributed by atoms with van der Waals surface area (Å²) in [7, 11) is 0. The van der Waals surface area contributed by atoms with Gasteiger partial charge in [0.05, 0.1) is 6.54 Å². The smallest absolute Gasteiger partial charge is 0.244 e. The van der Waals surface area contributed by atoms with Crippen LogP contribution in [0.3, 0.4) is 0 Å². The largest absolute Gasteiger partial charge is 0.463 e. The molecule has 2 N–H and O–H groups in total. The number of hydrogen-bond donors (Lipinski definition) is 2. The Kier molecular flexibility index (Phi) is 5.01. The third-order valence-electron chi connectivity index (χ3n) is 3.53. The number of allylic oxidation sites excluding steroid dienone is 1. The molecule has 0 spiro atoms. The summed E-state index contributed by atoms with van der Waals surface area (Å²) < 4.78 is 18.3. The number of rotatable bonds is 5. The summed E-state index contributed by atoms with van der Waals surface area (Å²) in [6.45, 7) is 5.14. The highest BCUT2D eigenvalue weighted by Crippen LogP contribution is 2.22. The molecule has 1 unspecified atom stereocenters. The zero-order valence-corrected chi connectivity index (χ0v) is 13.4. The number of benzene rings is 1. The van der Waals surface area contributed by atoms with E-state index in [1.165, 1.54) is 18.2 Å². The number of nitrogens with one attached hydrogen (secondary N) is 1. The predicted molar refractivity (Wildman–Crippen MR) is 86.1 cm³/mol. The Bertz CT molecular complexity index is 714. The first kappa shape index (κ1) is 17.0. The molecule has 0 saturated carbocycles. The molecule has 2 rings (SSSR count). The van der Waals surface area contributed by atoms with E-state index in [0.29, 0.717) is 17.1 Å². The molecule has 0 aliphatic carbocycles. The van der Waals surface area contributed by atoms with Gasteiger partial charge in [-0.25, -0.2) is 4.39 Å². The fraction of sp³-hybridized carbons (Fsp3) is 0.278. The van der Waals surface area contributed by atoms with Gasteiger partial charge < -0.3 is 14.8 Å². The van der Waals surface area contributed by atoms with Gasteiger partial charge in [-0.3, -0.25) is 4.79 Å². The van der Waals surface area contributed by atoms with Crippen molar-refractivity contribution in [1.29, 1.82) is 0 Å². The maximum absolute atomic E-state index is 12.9. The molecule has 23 heavy (non-hydrogen) atoms. The van der Waals surface area contributed by atoms with Gasteiger partial charge in [0.2, 0.25) is 5.91 Å². The van der Waals surface area contributed by atoms with Crippen molar-refractivity contribution in [2.45, 2.75) is 26.4 Å². The third kappa shape index (κ3) is 4.53. The average Bonchev–Trinajstić information content (AvgIpc) is 2.93. The van der Waals surface area contributed by atoms with Gasteiger partial charge in [-0.1, -0.05) is 12.1 Å². The molecule has 0 radical (unpaired) electrons. The van der Waals surface area contributed by atoms with Crippen LogP contribution in [0.15, 0.2) is 46.9 Å². The number of amides is 1. The van der Waals surface area contributed by atoms with Crippen LogP contribution in [0, 0.1) is 12.7 Å². The second-order valence-electron chi connectivity index (χ2n) is 5.74. The van der Waals surface area contributed by atoms with Crippen molar-refractivity contribution in [2.75, 3.05) is 6.54 Å². The van der Waals surface area contributed by atoms with E-state index in [0.717, 1.165) is 5.56 Å². The van der Waals surface area contributed by atoms with Crippen LogP contribution in [-0.4, -0.2) is 17.6 Å². The average molecular weight is 317 g/mol. The molecule has 122 valence electrons. The van der Waals surface area contributed by atoms with Crippen LogP contribution in [-0.2, 0) is 10.4 Å². The number of halogens is 1. The van der Waals surface area contributed by atoms with Gasteiger partial charge in [0.1, 0.15) is 22.9 Å².